The predicted molar refractivity (Wildman–Crippen MR) is 82.5 cm³/mol. The van der Waals surface area contributed by atoms with E-state index in [1.165, 1.54) is 5.56 Å². The average molecular weight is 285 g/mol. The summed E-state index contributed by atoms with van der Waals surface area (Å²) in [6.45, 7) is 2.06. The molecule has 2 heterocycles. The van der Waals surface area contributed by atoms with Gasteiger partial charge in [-0.2, -0.15) is 0 Å². The molecule has 100 valence electrons. The number of rotatable bonds is 2. The van der Waals surface area contributed by atoms with Crippen LogP contribution in [0.1, 0.15) is 17.0 Å². The minimum atomic E-state index is 0.484. The van der Waals surface area contributed by atoms with Crippen LogP contribution in [0.2, 0.25) is 5.02 Å². The van der Waals surface area contributed by atoms with E-state index >= 15 is 0 Å². The van der Waals surface area contributed by atoms with E-state index in [-0.39, 0.29) is 0 Å². The van der Waals surface area contributed by atoms with Crippen molar-refractivity contribution in [3.05, 3.63) is 58.5 Å². The van der Waals surface area contributed by atoms with Gasteiger partial charge in [0.25, 0.3) is 0 Å². The first-order chi connectivity index (χ1) is 9.61. The van der Waals surface area contributed by atoms with Gasteiger partial charge in [-0.1, -0.05) is 47.5 Å². The normalized spacial score (nSPS) is 11.5. The number of aromatic nitrogens is 3. The highest BCUT2D eigenvalue weighted by atomic mass is 35.5. The van der Waals surface area contributed by atoms with E-state index in [1.807, 2.05) is 12.2 Å². The van der Waals surface area contributed by atoms with Crippen molar-refractivity contribution >= 4 is 35.1 Å². The van der Waals surface area contributed by atoms with Gasteiger partial charge in [0.1, 0.15) is 0 Å². The van der Waals surface area contributed by atoms with Crippen LogP contribution in [0.3, 0.4) is 0 Å². The van der Waals surface area contributed by atoms with Gasteiger partial charge in [0.15, 0.2) is 11.5 Å². The first kappa shape index (κ1) is 12.7. The maximum absolute atomic E-state index is 5.96. The molecule has 0 bridgehead atoms. The standard InChI is InChI=1S/C15H13ClN4/c1-10-2-4-11(5-3-10)6-7-14-18-15-8-12(16)13(17)9-20(15)19-14/h2-9H,17H2,1H3/b7-6+. The van der Waals surface area contributed by atoms with Gasteiger partial charge in [-0.25, -0.2) is 9.50 Å². The second-order valence-corrected chi connectivity index (χ2v) is 5.00. The molecule has 5 heteroatoms. The number of nitrogens with two attached hydrogens (primary N) is 1. The van der Waals surface area contributed by atoms with E-state index in [2.05, 4.69) is 41.3 Å². The smallest absolute Gasteiger partial charge is 0.174 e. The van der Waals surface area contributed by atoms with E-state index in [9.17, 15) is 0 Å². The van der Waals surface area contributed by atoms with Crippen LogP contribution < -0.4 is 5.73 Å². The molecule has 0 amide bonds. The molecule has 3 rings (SSSR count). The van der Waals surface area contributed by atoms with Crippen LogP contribution in [0.5, 0.6) is 0 Å². The summed E-state index contributed by atoms with van der Waals surface area (Å²) in [4.78, 5) is 4.37. The molecule has 0 saturated heterocycles. The Labute approximate surface area is 121 Å². The predicted octanol–water partition coefficient (Wildman–Crippen LogP) is 3.44. The quantitative estimate of drug-likeness (QED) is 0.784. The van der Waals surface area contributed by atoms with Crippen molar-refractivity contribution in [2.45, 2.75) is 6.92 Å². The zero-order valence-electron chi connectivity index (χ0n) is 10.9. The van der Waals surface area contributed by atoms with Crippen LogP contribution in [0.4, 0.5) is 5.69 Å². The molecule has 2 aromatic heterocycles. The largest absolute Gasteiger partial charge is 0.396 e. The number of benzene rings is 1. The molecule has 0 atom stereocenters. The Morgan fingerprint density at radius 3 is 2.70 bits per heavy atom. The molecule has 20 heavy (non-hydrogen) atoms. The Morgan fingerprint density at radius 2 is 1.95 bits per heavy atom. The number of anilines is 1. The SMILES string of the molecule is Cc1ccc(/C=C/c2nc3cc(Cl)c(N)cn3n2)cc1. The van der Waals surface area contributed by atoms with Crippen molar-refractivity contribution in [2.24, 2.45) is 0 Å². The monoisotopic (exact) mass is 284 g/mol. The van der Waals surface area contributed by atoms with Crippen molar-refractivity contribution < 1.29 is 0 Å². The molecule has 4 nitrogen and oxygen atoms in total. The molecular formula is C15H13ClN4. The number of pyridine rings is 1. The fourth-order valence-electron chi connectivity index (χ4n) is 1.85. The lowest BCUT2D eigenvalue weighted by Crippen LogP contribution is -1.93. The summed E-state index contributed by atoms with van der Waals surface area (Å²) >= 11 is 5.96. The molecule has 0 radical (unpaired) electrons. The lowest BCUT2D eigenvalue weighted by molar-refractivity contribution is 0.956. The molecule has 3 aromatic rings. The highest BCUT2D eigenvalue weighted by Gasteiger charge is 2.04. The van der Waals surface area contributed by atoms with E-state index in [1.54, 1.807) is 16.8 Å². The van der Waals surface area contributed by atoms with Gasteiger partial charge in [0, 0.05) is 6.07 Å². The Morgan fingerprint density at radius 1 is 1.20 bits per heavy atom. The molecule has 0 aliphatic heterocycles. The summed E-state index contributed by atoms with van der Waals surface area (Å²) in [5.41, 5.74) is 9.23. The molecule has 0 fully saturated rings. The van der Waals surface area contributed by atoms with Crippen LogP contribution in [0, 0.1) is 6.92 Å². The Balaban J connectivity index is 1.92. The van der Waals surface area contributed by atoms with E-state index in [4.69, 9.17) is 17.3 Å². The van der Waals surface area contributed by atoms with Crippen LogP contribution in [0.25, 0.3) is 17.8 Å². The van der Waals surface area contributed by atoms with Gasteiger partial charge in [-0.15, -0.1) is 5.10 Å². The highest BCUT2D eigenvalue weighted by molar-refractivity contribution is 6.33. The number of nitrogen functional groups attached to an aromatic ring is 1. The van der Waals surface area contributed by atoms with E-state index in [0.29, 0.717) is 22.2 Å². The summed E-state index contributed by atoms with van der Waals surface area (Å²) < 4.78 is 1.62. The minimum Gasteiger partial charge on any atom is -0.396 e. The number of hydrogen-bond acceptors (Lipinski definition) is 3. The van der Waals surface area contributed by atoms with E-state index in [0.717, 1.165) is 5.56 Å². The third-order valence-corrected chi connectivity index (χ3v) is 3.30. The van der Waals surface area contributed by atoms with Crippen molar-refractivity contribution in [1.82, 2.24) is 14.6 Å². The Hall–Kier alpha value is -2.33. The molecule has 0 saturated carbocycles. The molecule has 2 N–H and O–H groups in total. The van der Waals surface area contributed by atoms with Gasteiger partial charge in [0.2, 0.25) is 0 Å². The van der Waals surface area contributed by atoms with Gasteiger partial charge in [-0.3, -0.25) is 0 Å². The van der Waals surface area contributed by atoms with Gasteiger partial charge in [-0.05, 0) is 18.6 Å². The summed E-state index contributed by atoms with van der Waals surface area (Å²) in [7, 11) is 0. The van der Waals surface area contributed by atoms with E-state index < -0.39 is 0 Å². The van der Waals surface area contributed by atoms with Crippen molar-refractivity contribution in [1.29, 1.82) is 0 Å². The highest BCUT2D eigenvalue weighted by Crippen LogP contribution is 2.19. The lowest BCUT2D eigenvalue weighted by Gasteiger charge is -1.96. The number of aryl methyl sites for hydroxylation is 1. The number of hydrogen-bond donors (Lipinski definition) is 1. The van der Waals surface area contributed by atoms with Crippen molar-refractivity contribution in [3.8, 4) is 0 Å². The van der Waals surface area contributed by atoms with Gasteiger partial charge < -0.3 is 5.73 Å². The van der Waals surface area contributed by atoms with Gasteiger partial charge >= 0.3 is 0 Å². The number of nitrogens with zero attached hydrogens (tertiary/aromatic N) is 3. The Kier molecular flexibility index (Phi) is 3.16. The summed E-state index contributed by atoms with van der Waals surface area (Å²) in [5.74, 6) is 0.618. The van der Waals surface area contributed by atoms with Crippen molar-refractivity contribution in [2.75, 3.05) is 5.73 Å². The topological polar surface area (TPSA) is 56.2 Å². The zero-order valence-corrected chi connectivity index (χ0v) is 11.7. The molecular weight excluding hydrogens is 272 g/mol. The van der Waals surface area contributed by atoms with Gasteiger partial charge in [0.05, 0.1) is 16.9 Å². The summed E-state index contributed by atoms with van der Waals surface area (Å²) in [5, 5.41) is 4.81. The third-order valence-electron chi connectivity index (χ3n) is 2.97. The second kappa shape index (κ2) is 4.98. The maximum atomic E-state index is 5.96. The first-order valence-corrected chi connectivity index (χ1v) is 6.56. The fourth-order valence-corrected chi connectivity index (χ4v) is 2.00. The summed E-state index contributed by atoms with van der Waals surface area (Å²) in [6, 6.07) is 9.94. The zero-order chi connectivity index (χ0) is 14.1. The molecule has 0 unspecified atom stereocenters. The molecule has 0 aliphatic rings. The first-order valence-electron chi connectivity index (χ1n) is 6.18. The van der Waals surface area contributed by atoms with Crippen molar-refractivity contribution in [3.63, 3.8) is 0 Å². The maximum Gasteiger partial charge on any atom is 0.174 e. The minimum absolute atomic E-state index is 0.484. The average Bonchev–Trinajstić information content (AvgIpc) is 2.80. The Bertz CT molecular complexity index is 748. The summed E-state index contributed by atoms with van der Waals surface area (Å²) in [6.07, 6.45) is 5.49. The van der Waals surface area contributed by atoms with Crippen LogP contribution in [-0.2, 0) is 0 Å². The molecule has 0 aliphatic carbocycles. The van der Waals surface area contributed by atoms with Crippen LogP contribution in [0.15, 0.2) is 36.5 Å². The fraction of sp³-hybridized carbons (Fsp3) is 0.0667. The van der Waals surface area contributed by atoms with Crippen LogP contribution >= 0.6 is 11.6 Å². The number of fused-ring (bicyclic) bond motifs is 1. The van der Waals surface area contributed by atoms with Crippen LogP contribution in [-0.4, -0.2) is 14.6 Å². The number of halogens is 1. The lowest BCUT2D eigenvalue weighted by atomic mass is 10.1. The molecule has 1 aromatic carbocycles. The second-order valence-electron chi connectivity index (χ2n) is 4.59. The molecule has 0 spiro atoms. The third kappa shape index (κ3) is 2.51.